The summed E-state index contributed by atoms with van der Waals surface area (Å²) >= 11 is 0. The quantitative estimate of drug-likeness (QED) is 0.760. The maximum atomic E-state index is 12.9. The van der Waals surface area contributed by atoms with Gasteiger partial charge in [-0.25, -0.2) is 9.07 Å². The minimum atomic E-state index is -0.245. The first-order valence-corrected chi connectivity index (χ1v) is 7.21. The van der Waals surface area contributed by atoms with Crippen molar-refractivity contribution in [3.05, 3.63) is 66.5 Å². The van der Waals surface area contributed by atoms with Crippen molar-refractivity contribution in [3.8, 4) is 5.69 Å². The van der Waals surface area contributed by atoms with E-state index in [4.69, 9.17) is 0 Å². The van der Waals surface area contributed by atoms with Crippen molar-refractivity contribution in [2.75, 3.05) is 0 Å². The van der Waals surface area contributed by atoms with Gasteiger partial charge < -0.3 is 5.32 Å². The average Bonchev–Trinajstić information content (AvgIpc) is 3.17. The lowest BCUT2D eigenvalue weighted by Gasteiger charge is -2.12. The van der Waals surface area contributed by atoms with E-state index in [-0.39, 0.29) is 5.82 Å². The number of nitrogens with zero attached hydrogens (tertiary/aromatic N) is 4. The number of hydrogen-bond acceptors (Lipinski definition) is 3. The van der Waals surface area contributed by atoms with Gasteiger partial charge >= 0.3 is 0 Å². The van der Waals surface area contributed by atoms with E-state index in [1.807, 2.05) is 29.3 Å². The molecule has 1 atom stereocenters. The molecule has 0 saturated carbocycles. The Morgan fingerprint density at radius 3 is 2.77 bits per heavy atom. The Labute approximate surface area is 128 Å². The van der Waals surface area contributed by atoms with Crippen LogP contribution in [0.3, 0.4) is 0 Å². The highest BCUT2D eigenvalue weighted by Gasteiger charge is 2.05. The molecule has 0 saturated heterocycles. The van der Waals surface area contributed by atoms with Gasteiger partial charge in [-0.2, -0.15) is 10.2 Å². The summed E-state index contributed by atoms with van der Waals surface area (Å²) in [6, 6.07) is 8.50. The molecule has 0 aliphatic heterocycles. The second kappa shape index (κ2) is 6.53. The van der Waals surface area contributed by atoms with Gasteiger partial charge in [0.1, 0.15) is 5.82 Å². The molecule has 0 fully saturated rings. The van der Waals surface area contributed by atoms with Crippen molar-refractivity contribution < 1.29 is 4.39 Å². The van der Waals surface area contributed by atoms with Crippen LogP contribution in [0.2, 0.25) is 0 Å². The van der Waals surface area contributed by atoms with Gasteiger partial charge in [0.05, 0.1) is 18.4 Å². The molecule has 114 valence electrons. The Kier molecular flexibility index (Phi) is 4.29. The van der Waals surface area contributed by atoms with Gasteiger partial charge in [0.25, 0.3) is 0 Å². The lowest BCUT2D eigenvalue weighted by Crippen LogP contribution is -2.30. The van der Waals surface area contributed by atoms with Crippen LogP contribution in [0.15, 0.2) is 55.1 Å². The van der Waals surface area contributed by atoms with Crippen molar-refractivity contribution >= 4 is 0 Å². The summed E-state index contributed by atoms with van der Waals surface area (Å²) in [4.78, 5) is 0. The number of hydrogen-bond donors (Lipinski definition) is 1. The molecule has 3 aromatic rings. The fraction of sp³-hybridized carbons (Fsp3) is 0.250. The normalized spacial score (nSPS) is 12.5. The molecule has 5 nitrogen and oxygen atoms in total. The van der Waals surface area contributed by atoms with Gasteiger partial charge in [0, 0.05) is 36.7 Å². The van der Waals surface area contributed by atoms with Gasteiger partial charge in [-0.1, -0.05) is 0 Å². The van der Waals surface area contributed by atoms with Crippen molar-refractivity contribution in [1.29, 1.82) is 0 Å². The van der Waals surface area contributed by atoms with E-state index < -0.39 is 0 Å². The minimum Gasteiger partial charge on any atom is -0.308 e. The molecule has 0 radical (unpaired) electrons. The lowest BCUT2D eigenvalue weighted by molar-refractivity contribution is 0.451. The number of benzene rings is 1. The van der Waals surface area contributed by atoms with Crippen LogP contribution in [0, 0.1) is 5.82 Å². The third kappa shape index (κ3) is 3.59. The van der Waals surface area contributed by atoms with E-state index in [1.54, 1.807) is 23.0 Å². The number of aromatic nitrogens is 4. The van der Waals surface area contributed by atoms with Gasteiger partial charge in [0.2, 0.25) is 0 Å². The van der Waals surface area contributed by atoms with Gasteiger partial charge in [-0.05, 0) is 37.3 Å². The molecule has 0 unspecified atom stereocenters. The van der Waals surface area contributed by atoms with Crippen molar-refractivity contribution in [2.24, 2.45) is 0 Å². The van der Waals surface area contributed by atoms with E-state index in [2.05, 4.69) is 22.4 Å². The van der Waals surface area contributed by atoms with Crippen LogP contribution in [0.5, 0.6) is 0 Å². The highest BCUT2D eigenvalue weighted by molar-refractivity contribution is 5.31. The molecule has 22 heavy (non-hydrogen) atoms. The molecule has 0 aliphatic rings. The fourth-order valence-corrected chi connectivity index (χ4v) is 2.23. The van der Waals surface area contributed by atoms with Crippen LogP contribution in [0.4, 0.5) is 4.39 Å². The Hall–Kier alpha value is -2.47. The van der Waals surface area contributed by atoms with E-state index >= 15 is 0 Å². The Bertz CT molecular complexity index is 702. The zero-order valence-corrected chi connectivity index (χ0v) is 12.4. The summed E-state index contributed by atoms with van der Waals surface area (Å²) in [5.41, 5.74) is 1.92. The number of rotatable bonds is 6. The van der Waals surface area contributed by atoms with Crippen LogP contribution in [0.1, 0.15) is 12.5 Å². The Morgan fingerprint density at radius 2 is 2.05 bits per heavy atom. The number of halogens is 1. The summed E-state index contributed by atoms with van der Waals surface area (Å²) in [5, 5.41) is 11.9. The van der Waals surface area contributed by atoms with Crippen LogP contribution < -0.4 is 5.32 Å². The number of nitrogens with one attached hydrogen (secondary N) is 1. The SMILES string of the molecule is C[C@H](Cn1cccn1)NCc1cnn(-c2ccc(F)cc2)c1. The minimum absolute atomic E-state index is 0.245. The highest BCUT2D eigenvalue weighted by atomic mass is 19.1. The third-order valence-electron chi connectivity index (χ3n) is 3.40. The molecule has 0 bridgehead atoms. The van der Waals surface area contributed by atoms with E-state index in [9.17, 15) is 4.39 Å². The maximum absolute atomic E-state index is 12.9. The average molecular weight is 299 g/mol. The molecule has 1 N–H and O–H groups in total. The fourth-order valence-electron chi connectivity index (χ4n) is 2.23. The third-order valence-corrected chi connectivity index (χ3v) is 3.40. The molecule has 1 aromatic carbocycles. The van der Waals surface area contributed by atoms with Crippen LogP contribution in [0.25, 0.3) is 5.69 Å². The van der Waals surface area contributed by atoms with Gasteiger partial charge in [0.15, 0.2) is 0 Å². The first-order chi connectivity index (χ1) is 10.7. The smallest absolute Gasteiger partial charge is 0.123 e. The summed E-state index contributed by atoms with van der Waals surface area (Å²) in [6.45, 7) is 3.66. The second-order valence-electron chi connectivity index (χ2n) is 5.28. The molecule has 3 rings (SSSR count). The van der Waals surface area contributed by atoms with Crippen LogP contribution in [-0.4, -0.2) is 25.6 Å². The first-order valence-electron chi connectivity index (χ1n) is 7.21. The Morgan fingerprint density at radius 1 is 1.23 bits per heavy atom. The molecular formula is C16H18FN5. The summed E-state index contributed by atoms with van der Waals surface area (Å²) in [7, 11) is 0. The van der Waals surface area contributed by atoms with Crippen molar-refractivity contribution in [3.63, 3.8) is 0 Å². The van der Waals surface area contributed by atoms with Crippen LogP contribution in [-0.2, 0) is 13.1 Å². The van der Waals surface area contributed by atoms with Crippen molar-refractivity contribution in [1.82, 2.24) is 24.9 Å². The highest BCUT2D eigenvalue weighted by Crippen LogP contribution is 2.09. The van der Waals surface area contributed by atoms with Crippen LogP contribution >= 0.6 is 0 Å². The molecule has 0 amide bonds. The van der Waals surface area contributed by atoms with Gasteiger partial charge in [-0.3, -0.25) is 4.68 Å². The molecule has 2 heterocycles. The second-order valence-corrected chi connectivity index (χ2v) is 5.28. The standard InChI is InChI=1S/C16H18FN5/c1-13(11-21-8-2-7-19-21)18-9-14-10-20-22(12-14)16-5-3-15(17)4-6-16/h2-8,10,12-13,18H,9,11H2,1H3/t13-/m1/s1. The largest absolute Gasteiger partial charge is 0.308 e. The zero-order chi connectivity index (χ0) is 15.4. The topological polar surface area (TPSA) is 47.7 Å². The predicted octanol–water partition coefficient (Wildman–Crippen LogP) is 2.39. The first kappa shape index (κ1) is 14.5. The summed E-state index contributed by atoms with van der Waals surface area (Å²) < 4.78 is 16.6. The summed E-state index contributed by atoms with van der Waals surface area (Å²) in [6.07, 6.45) is 7.49. The molecule has 0 aliphatic carbocycles. The maximum Gasteiger partial charge on any atom is 0.123 e. The predicted molar refractivity (Wildman–Crippen MR) is 82.1 cm³/mol. The van der Waals surface area contributed by atoms with Gasteiger partial charge in [-0.15, -0.1) is 0 Å². The molecule has 0 spiro atoms. The molecule has 2 aromatic heterocycles. The molecular weight excluding hydrogens is 281 g/mol. The molecule has 6 heteroatoms. The van der Waals surface area contributed by atoms with E-state index in [0.717, 1.165) is 24.3 Å². The monoisotopic (exact) mass is 299 g/mol. The zero-order valence-electron chi connectivity index (χ0n) is 12.4. The van der Waals surface area contributed by atoms with E-state index in [1.165, 1.54) is 12.1 Å². The van der Waals surface area contributed by atoms with E-state index in [0.29, 0.717) is 6.04 Å². The summed E-state index contributed by atoms with van der Waals surface area (Å²) in [5.74, 6) is -0.245. The lowest BCUT2D eigenvalue weighted by atomic mass is 10.3. The van der Waals surface area contributed by atoms with Crippen molar-refractivity contribution in [2.45, 2.75) is 26.1 Å². The Balaban J connectivity index is 1.56.